The molecule has 0 heterocycles. The molecule has 0 saturated heterocycles. The lowest BCUT2D eigenvalue weighted by Crippen LogP contribution is -2.28. The lowest BCUT2D eigenvalue weighted by atomic mass is 10.2. The largest absolute Gasteiger partial charge is 0.392 e. The number of sulfonamides is 1. The molecule has 7 heteroatoms. The van der Waals surface area contributed by atoms with Crippen LogP contribution in [0.5, 0.6) is 0 Å². The van der Waals surface area contributed by atoms with Gasteiger partial charge in [0.2, 0.25) is 10.0 Å². The Balaban J connectivity index is 3.34. The van der Waals surface area contributed by atoms with E-state index < -0.39 is 16.6 Å². The Morgan fingerprint density at radius 2 is 2.00 bits per heavy atom. The standard InChI is InChI=1S/C12H15Cl2NO3S/c1-8(2)6-15(3)19(17,18)11-5-4-10(13)9(7-16)12(11)14/h4-5,16H,1,6-7H2,2-3H3. The van der Waals surface area contributed by atoms with Gasteiger partial charge in [-0.25, -0.2) is 8.42 Å². The summed E-state index contributed by atoms with van der Waals surface area (Å²) in [7, 11) is -2.31. The van der Waals surface area contributed by atoms with Gasteiger partial charge in [-0.15, -0.1) is 0 Å². The Morgan fingerprint density at radius 3 is 2.47 bits per heavy atom. The highest BCUT2D eigenvalue weighted by atomic mass is 35.5. The number of rotatable bonds is 5. The van der Waals surface area contributed by atoms with Crippen LogP contribution in [0.1, 0.15) is 12.5 Å². The number of likely N-dealkylation sites (N-methyl/N-ethyl adjacent to an activating group) is 1. The maximum Gasteiger partial charge on any atom is 0.244 e. The first-order valence-electron chi connectivity index (χ1n) is 5.40. The average Bonchev–Trinajstić information content (AvgIpc) is 2.28. The monoisotopic (exact) mass is 323 g/mol. The van der Waals surface area contributed by atoms with E-state index in [1.54, 1.807) is 6.92 Å². The lowest BCUT2D eigenvalue weighted by Gasteiger charge is -2.19. The van der Waals surface area contributed by atoms with Gasteiger partial charge in [0.15, 0.2) is 0 Å². The van der Waals surface area contributed by atoms with E-state index in [1.807, 2.05) is 0 Å². The molecule has 1 rings (SSSR count). The third-order valence-electron chi connectivity index (χ3n) is 2.49. The van der Waals surface area contributed by atoms with Gasteiger partial charge in [-0.2, -0.15) is 4.31 Å². The van der Waals surface area contributed by atoms with Crippen LogP contribution in [0.15, 0.2) is 29.2 Å². The Kier molecular flexibility index (Phi) is 5.41. The summed E-state index contributed by atoms with van der Waals surface area (Å²) in [6.45, 7) is 5.17. The Bertz CT molecular complexity index is 599. The van der Waals surface area contributed by atoms with Crippen molar-refractivity contribution in [3.8, 4) is 0 Å². The zero-order valence-corrected chi connectivity index (χ0v) is 13.0. The summed E-state index contributed by atoms with van der Waals surface area (Å²) >= 11 is 11.9. The fourth-order valence-electron chi connectivity index (χ4n) is 1.55. The van der Waals surface area contributed by atoms with E-state index in [0.717, 1.165) is 4.31 Å². The van der Waals surface area contributed by atoms with Crippen molar-refractivity contribution in [3.05, 3.63) is 39.9 Å². The first kappa shape index (κ1) is 16.5. The molecule has 0 fully saturated rings. The third kappa shape index (κ3) is 3.49. The topological polar surface area (TPSA) is 57.6 Å². The van der Waals surface area contributed by atoms with Crippen molar-refractivity contribution in [2.45, 2.75) is 18.4 Å². The smallest absolute Gasteiger partial charge is 0.244 e. The van der Waals surface area contributed by atoms with E-state index >= 15 is 0 Å². The van der Waals surface area contributed by atoms with Crippen LogP contribution in [0.25, 0.3) is 0 Å². The molecule has 0 amide bonds. The van der Waals surface area contributed by atoms with Crippen LogP contribution in [0, 0.1) is 0 Å². The van der Waals surface area contributed by atoms with E-state index in [-0.39, 0.29) is 27.0 Å². The number of benzene rings is 1. The molecule has 0 bridgehead atoms. The summed E-state index contributed by atoms with van der Waals surface area (Å²) in [5.74, 6) is 0. The molecular weight excluding hydrogens is 309 g/mol. The van der Waals surface area contributed by atoms with Gasteiger partial charge in [-0.05, 0) is 19.1 Å². The number of aliphatic hydroxyl groups excluding tert-OH is 1. The van der Waals surface area contributed by atoms with Gasteiger partial charge in [0.25, 0.3) is 0 Å². The average molecular weight is 324 g/mol. The van der Waals surface area contributed by atoms with Crippen molar-refractivity contribution in [1.29, 1.82) is 0 Å². The zero-order chi connectivity index (χ0) is 14.8. The fourth-order valence-corrected chi connectivity index (χ4v) is 3.65. The second-order valence-corrected chi connectivity index (χ2v) is 7.01. The van der Waals surface area contributed by atoms with E-state index in [0.29, 0.717) is 5.57 Å². The summed E-state index contributed by atoms with van der Waals surface area (Å²) in [6.07, 6.45) is 0. The fraction of sp³-hybridized carbons (Fsp3) is 0.333. The Labute approximate surface area is 123 Å². The maximum atomic E-state index is 12.3. The van der Waals surface area contributed by atoms with Crippen LogP contribution in [0.3, 0.4) is 0 Å². The normalized spacial score (nSPS) is 11.9. The zero-order valence-electron chi connectivity index (χ0n) is 10.7. The Morgan fingerprint density at radius 1 is 1.42 bits per heavy atom. The van der Waals surface area contributed by atoms with Gasteiger partial charge in [-0.3, -0.25) is 0 Å². The lowest BCUT2D eigenvalue weighted by molar-refractivity contribution is 0.281. The van der Waals surface area contributed by atoms with Gasteiger partial charge >= 0.3 is 0 Å². The van der Waals surface area contributed by atoms with E-state index in [9.17, 15) is 13.5 Å². The number of nitrogens with zero attached hydrogens (tertiary/aromatic N) is 1. The highest BCUT2D eigenvalue weighted by molar-refractivity contribution is 7.89. The first-order chi connectivity index (χ1) is 8.71. The van der Waals surface area contributed by atoms with Crippen molar-refractivity contribution in [1.82, 2.24) is 4.31 Å². The molecule has 0 spiro atoms. The summed E-state index contributed by atoms with van der Waals surface area (Å²) in [6, 6.07) is 2.73. The number of aliphatic hydroxyl groups is 1. The third-order valence-corrected chi connectivity index (χ3v) is 5.23. The molecule has 0 unspecified atom stereocenters. The van der Waals surface area contributed by atoms with Crippen LogP contribution >= 0.6 is 23.2 Å². The van der Waals surface area contributed by atoms with Crippen LogP contribution in [-0.2, 0) is 16.6 Å². The van der Waals surface area contributed by atoms with Crippen LogP contribution in [-0.4, -0.2) is 31.4 Å². The molecule has 0 saturated carbocycles. The van der Waals surface area contributed by atoms with Crippen molar-refractivity contribution in [2.24, 2.45) is 0 Å². The van der Waals surface area contributed by atoms with Gasteiger partial charge in [0, 0.05) is 24.2 Å². The van der Waals surface area contributed by atoms with Crippen LogP contribution in [0.2, 0.25) is 10.0 Å². The molecule has 0 atom stereocenters. The molecule has 0 aromatic heterocycles. The summed E-state index contributed by atoms with van der Waals surface area (Å²) in [5.41, 5.74) is 0.909. The predicted molar refractivity (Wildman–Crippen MR) is 77.0 cm³/mol. The van der Waals surface area contributed by atoms with Crippen LogP contribution < -0.4 is 0 Å². The van der Waals surface area contributed by atoms with Gasteiger partial charge in [-0.1, -0.05) is 35.4 Å². The molecule has 0 aliphatic rings. The molecule has 0 aliphatic carbocycles. The predicted octanol–water partition coefficient (Wildman–Crippen LogP) is 2.68. The second kappa shape index (κ2) is 6.24. The minimum absolute atomic E-state index is 0.0523. The quantitative estimate of drug-likeness (QED) is 0.847. The van der Waals surface area contributed by atoms with E-state index in [1.165, 1.54) is 19.2 Å². The highest BCUT2D eigenvalue weighted by Gasteiger charge is 2.25. The summed E-state index contributed by atoms with van der Waals surface area (Å²) in [5, 5.41) is 9.36. The van der Waals surface area contributed by atoms with Crippen molar-refractivity contribution in [2.75, 3.05) is 13.6 Å². The number of halogens is 2. The first-order valence-corrected chi connectivity index (χ1v) is 7.60. The minimum Gasteiger partial charge on any atom is -0.392 e. The molecule has 1 N–H and O–H groups in total. The highest BCUT2D eigenvalue weighted by Crippen LogP contribution is 2.32. The van der Waals surface area contributed by atoms with Crippen molar-refractivity contribution < 1.29 is 13.5 Å². The van der Waals surface area contributed by atoms with Crippen LogP contribution in [0.4, 0.5) is 0 Å². The van der Waals surface area contributed by atoms with Gasteiger partial charge < -0.3 is 5.11 Å². The van der Waals surface area contributed by atoms with E-state index in [4.69, 9.17) is 23.2 Å². The summed E-state index contributed by atoms with van der Waals surface area (Å²) in [4.78, 5) is -0.0774. The van der Waals surface area contributed by atoms with E-state index in [2.05, 4.69) is 6.58 Å². The summed E-state index contributed by atoms with van der Waals surface area (Å²) < 4.78 is 25.8. The molecule has 4 nitrogen and oxygen atoms in total. The van der Waals surface area contributed by atoms with Crippen molar-refractivity contribution >= 4 is 33.2 Å². The molecule has 0 aliphatic heterocycles. The van der Waals surface area contributed by atoms with Crippen molar-refractivity contribution in [3.63, 3.8) is 0 Å². The van der Waals surface area contributed by atoms with Gasteiger partial charge in [0.1, 0.15) is 4.90 Å². The maximum absolute atomic E-state index is 12.3. The molecule has 0 radical (unpaired) electrons. The minimum atomic E-state index is -3.74. The molecule has 19 heavy (non-hydrogen) atoms. The second-order valence-electron chi connectivity index (χ2n) is 4.21. The number of hydrogen-bond donors (Lipinski definition) is 1. The molecular formula is C12H15Cl2NO3S. The molecule has 1 aromatic rings. The molecule has 1 aromatic carbocycles. The number of hydrogen-bond acceptors (Lipinski definition) is 3. The Hall–Kier alpha value is -0.590. The SMILES string of the molecule is C=C(C)CN(C)S(=O)(=O)c1ccc(Cl)c(CO)c1Cl. The van der Waals surface area contributed by atoms with Gasteiger partial charge in [0.05, 0.1) is 11.6 Å². The molecule has 106 valence electrons.